The van der Waals surface area contributed by atoms with Crippen LogP contribution < -0.4 is 10.9 Å². The van der Waals surface area contributed by atoms with Crippen LogP contribution in [-0.2, 0) is 0 Å². The van der Waals surface area contributed by atoms with Crippen molar-refractivity contribution in [2.24, 2.45) is 0 Å². The number of H-pyrrole nitrogens is 1. The molecular formula is C8H11N3O2. The highest BCUT2D eigenvalue weighted by Gasteiger charge is 2.10. The van der Waals surface area contributed by atoms with Gasteiger partial charge in [0.15, 0.2) is 0 Å². The van der Waals surface area contributed by atoms with E-state index in [0.29, 0.717) is 0 Å². The number of hydrogen-bond donors (Lipinski definition) is 2. The quantitative estimate of drug-likeness (QED) is 0.669. The van der Waals surface area contributed by atoms with Crippen molar-refractivity contribution in [3.63, 3.8) is 0 Å². The molecule has 0 fully saturated rings. The number of hydrogen-bond acceptors (Lipinski definition) is 3. The zero-order chi connectivity index (χ0) is 9.84. The molecule has 5 nitrogen and oxygen atoms in total. The third-order valence-electron chi connectivity index (χ3n) is 1.38. The van der Waals surface area contributed by atoms with Crippen LogP contribution >= 0.6 is 0 Å². The number of aromatic nitrogens is 2. The van der Waals surface area contributed by atoms with Crippen molar-refractivity contribution in [2.75, 3.05) is 0 Å². The number of carbonyl (C=O) groups excluding carboxylic acids is 1. The summed E-state index contributed by atoms with van der Waals surface area (Å²) in [6.07, 6.45) is 2.49. The first-order valence-electron chi connectivity index (χ1n) is 3.95. The molecule has 0 unspecified atom stereocenters. The summed E-state index contributed by atoms with van der Waals surface area (Å²) in [5.41, 5.74) is -0.385. The molecule has 0 bridgehead atoms. The molecule has 1 amide bonds. The topological polar surface area (TPSA) is 74.8 Å². The Morgan fingerprint density at radius 1 is 1.62 bits per heavy atom. The van der Waals surface area contributed by atoms with Crippen molar-refractivity contribution in [3.8, 4) is 0 Å². The second-order valence-electron chi connectivity index (χ2n) is 2.92. The largest absolute Gasteiger partial charge is 0.350 e. The maximum atomic E-state index is 11.3. The van der Waals surface area contributed by atoms with Crippen molar-refractivity contribution < 1.29 is 4.79 Å². The van der Waals surface area contributed by atoms with E-state index in [9.17, 15) is 9.59 Å². The molecule has 5 heteroatoms. The smallest absolute Gasteiger partial charge is 0.263 e. The highest BCUT2D eigenvalue weighted by atomic mass is 16.2. The van der Waals surface area contributed by atoms with Gasteiger partial charge in [-0.3, -0.25) is 9.59 Å². The number of rotatable bonds is 2. The number of amides is 1. The molecule has 2 N–H and O–H groups in total. The van der Waals surface area contributed by atoms with Gasteiger partial charge in [-0.05, 0) is 13.8 Å². The lowest BCUT2D eigenvalue weighted by molar-refractivity contribution is 0.0941. The van der Waals surface area contributed by atoms with Crippen molar-refractivity contribution >= 4 is 5.91 Å². The van der Waals surface area contributed by atoms with Gasteiger partial charge in [0.05, 0.1) is 6.33 Å². The fraction of sp³-hybridized carbons (Fsp3) is 0.375. The number of aromatic amines is 1. The summed E-state index contributed by atoms with van der Waals surface area (Å²) >= 11 is 0. The second kappa shape index (κ2) is 3.84. The van der Waals surface area contributed by atoms with E-state index in [2.05, 4.69) is 15.3 Å². The summed E-state index contributed by atoms with van der Waals surface area (Å²) in [7, 11) is 0. The molecule has 0 aliphatic rings. The lowest BCUT2D eigenvalue weighted by Crippen LogP contribution is -2.34. The van der Waals surface area contributed by atoms with Gasteiger partial charge in [0.2, 0.25) is 0 Å². The number of nitrogens with one attached hydrogen (secondary N) is 2. The van der Waals surface area contributed by atoms with E-state index in [1.165, 1.54) is 12.5 Å². The Morgan fingerprint density at radius 3 is 2.85 bits per heavy atom. The van der Waals surface area contributed by atoms with Gasteiger partial charge in [-0.25, -0.2) is 4.98 Å². The SMILES string of the molecule is CC(C)NC(=O)c1cnc[nH]c1=O. The molecule has 1 rings (SSSR count). The Hall–Kier alpha value is -1.65. The molecule has 1 heterocycles. The summed E-state index contributed by atoms with van der Waals surface area (Å²) in [6, 6.07) is 0.00658. The monoisotopic (exact) mass is 181 g/mol. The summed E-state index contributed by atoms with van der Waals surface area (Å²) in [6.45, 7) is 3.64. The number of nitrogens with zero attached hydrogens (tertiary/aromatic N) is 1. The van der Waals surface area contributed by atoms with E-state index in [1.54, 1.807) is 0 Å². The standard InChI is InChI=1S/C8H11N3O2/c1-5(2)11-8(13)6-3-9-4-10-7(6)12/h3-5H,1-2H3,(H,11,13)(H,9,10,12). The van der Waals surface area contributed by atoms with E-state index in [1.807, 2.05) is 13.8 Å². The van der Waals surface area contributed by atoms with E-state index in [4.69, 9.17) is 0 Å². The van der Waals surface area contributed by atoms with Crippen LogP contribution in [0.15, 0.2) is 17.3 Å². The number of carbonyl (C=O) groups is 1. The molecule has 0 saturated heterocycles. The van der Waals surface area contributed by atoms with Crippen LogP contribution in [0.5, 0.6) is 0 Å². The predicted octanol–water partition coefficient (Wildman–Crippen LogP) is -0.0919. The predicted molar refractivity (Wildman–Crippen MR) is 47.5 cm³/mol. The van der Waals surface area contributed by atoms with Gasteiger partial charge in [0.25, 0.3) is 11.5 Å². The molecule has 0 aliphatic heterocycles. The fourth-order valence-corrected chi connectivity index (χ4v) is 0.846. The van der Waals surface area contributed by atoms with Gasteiger partial charge < -0.3 is 10.3 Å². The molecular weight excluding hydrogens is 170 g/mol. The van der Waals surface area contributed by atoms with Crippen LogP contribution in [0.1, 0.15) is 24.2 Å². The molecule has 0 spiro atoms. The van der Waals surface area contributed by atoms with E-state index in [0.717, 1.165) is 0 Å². The lowest BCUT2D eigenvalue weighted by atomic mass is 10.3. The molecule has 13 heavy (non-hydrogen) atoms. The first-order chi connectivity index (χ1) is 6.11. The van der Waals surface area contributed by atoms with Crippen molar-refractivity contribution in [1.82, 2.24) is 15.3 Å². The van der Waals surface area contributed by atoms with E-state index >= 15 is 0 Å². The first-order valence-corrected chi connectivity index (χ1v) is 3.95. The Balaban J connectivity index is 2.90. The van der Waals surface area contributed by atoms with Gasteiger partial charge in [-0.1, -0.05) is 0 Å². The lowest BCUT2D eigenvalue weighted by Gasteiger charge is -2.06. The Bertz CT molecular complexity index is 356. The zero-order valence-corrected chi connectivity index (χ0v) is 7.50. The molecule has 1 aromatic heterocycles. The van der Waals surface area contributed by atoms with Crippen LogP contribution in [0, 0.1) is 0 Å². The third kappa shape index (κ3) is 2.40. The van der Waals surface area contributed by atoms with Crippen LogP contribution in [0.4, 0.5) is 0 Å². The van der Waals surface area contributed by atoms with Crippen molar-refractivity contribution in [1.29, 1.82) is 0 Å². The fourth-order valence-electron chi connectivity index (χ4n) is 0.846. The normalized spacial score (nSPS) is 10.1. The minimum Gasteiger partial charge on any atom is -0.350 e. The van der Waals surface area contributed by atoms with Gasteiger partial charge in [-0.2, -0.15) is 0 Å². The maximum Gasteiger partial charge on any atom is 0.263 e. The molecule has 0 aromatic carbocycles. The van der Waals surface area contributed by atoms with Crippen LogP contribution in [0.25, 0.3) is 0 Å². The van der Waals surface area contributed by atoms with Crippen molar-refractivity contribution in [2.45, 2.75) is 19.9 Å². The maximum absolute atomic E-state index is 11.3. The molecule has 0 aliphatic carbocycles. The highest BCUT2D eigenvalue weighted by Crippen LogP contribution is 1.87. The van der Waals surface area contributed by atoms with Gasteiger partial charge in [0.1, 0.15) is 5.56 Å². The summed E-state index contributed by atoms with van der Waals surface area (Å²) in [4.78, 5) is 28.4. The highest BCUT2D eigenvalue weighted by molar-refractivity contribution is 5.93. The average molecular weight is 181 g/mol. The minimum absolute atomic E-state index is 0.00658. The van der Waals surface area contributed by atoms with Gasteiger partial charge >= 0.3 is 0 Å². The Kier molecular flexibility index (Phi) is 2.79. The first kappa shape index (κ1) is 9.44. The van der Waals surface area contributed by atoms with Crippen LogP contribution in [0.3, 0.4) is 0 Å². The summed E-state index contributed by atoms with van der Waals surface area (Å²) < 4.78 is 0. The molecule has 1 aromatic rings. The van der Waals surface area contributed by atoms with Gasteiger partial charge in [-0.15, -0.1) is 0 Å². The summed E-state index contributed by atoms with van der Waals surface area (Å²) in [5.74, 6) is -0.399. The van der Waals surface area contributed by atoms with Crippen molar-refractivity contribution in [3.05, 3.63) is 28.4 Å². The second-order valence-corrected chi connectivity index (χ2v) is 2.92. The Labute approximate surface area is 75.2 Å². The Morgan fingerprint density at radius 2 is 2.31 bits per heavy atom. The van der Waals surface area contributed by atoms with Gasteiger partial charge in [0, 0.05) is 12.2 Å². The summed E-state index contributed by atoms with van der Waals surface area (Å²) in [5, 5.41) is 2.60. The molecule has 0 saturated carbocycles. The molecule has 0 radical (unpaired) electrons. The molecule has 0 atom stereocenters. The van der Waals surface area contributed by atoms with Crippen LogP contribution in [-0.4, -0.2) is 21.9 Å². The van der Waals surface area contributed by atoms with E-state index in [-0.39, 0.29) is 11.6 Å². The van der Waals surface area contributed by atoms with Crippen LogP contribution in [0.2, 0.25) is 0 Å². The minimum atomic E-state index is -0.423. The average Bonchev–Trinajstić information content (AvgIpc) is 2.03. The zero-order valence-electron chi connectivity index (χ0n) is 7.50. The van der Waals surface area contributed by atoms with E-state index < -0.39 is 11.5 Å². The molecule has 70 valence electrons. The third-order valence-corrected chi connectivity index (χ3v) is 1.38.